The Morgan fingerprint density at radius 3 is 2.38 bits per heavy atom. The number of nitrogens with one attached hydrogen (secondary N) is 1. The number of carbonyl (C=O) groups is 1. The first-order chi connectivity index (χ1) is 16.4. The molecule has 0 saturated carbocycles. The summed E-state index contributed by atoms with van der Waals surface area (Å²) in [5, 5.41) is 2.79. The smallest absolute Gasteiger partial charge is 0.255 e. The largest absolute Gasteiger partial charge is 0.492 e. The Balaban J connectivity index is 1.46. The van der Waals surface area contributed by atoms with Crippen molar-refractivity contribution in [2.75, 3.05) is 43.0 Å². The molecule has 0 atom stereocenters. The van der Waals surface area contributed by atoms with Crippen molar-refractivity contribution >= 4 is 27.3 Å². The van der Waals surface area contributed by atoms with Crippen LogP contribution in [0.25, 0.3) is 0 Å². The van der Waals surface area contributed by atoms with E-state index in [9.17, 15) is 17.6 Å². The van der Waals surface area contributed by atoms with Gasteiger partial charge in [0.05, 0.1) is 17.2 Å². The van der Waals surface area contributed by atoms with E-state index in [0.717, 1.165) is 5.69 Å². The summed E-state index contributed by atoms with van der Waals surface area (Å²) in [4.78, 5) is 14.9. The lowest BCUT2D eigenvalue weighted by Gasteiger charge is -2.35. The molecule has 1 aliphatic rings. The minimum atomic E-state index is -3.78. The van der Waals surface area contributed by atoms with Crippen LogP contribution in [0.4, 0.5) is 15.8 Å². The number of amides is 1. The van der Waals surface area contributed by atoms with E-state index in [1.807, 2.05) is 17.9 Å². The number of hydrogen-bond donors (Lipinski definition) is 1. The Morgan fingerprint density at radius 1 is 0.971 bits per heavy atom. The number of halogens is 1. The highest BCUT2D eigenvalue weighted by Gasteiger charge is 2.29. The van der Waals surface area contributed by atoms with Crippen LogP contribution in [0.15, 0.2) is 77.7 Å². The predicted molar refractivity (Wildman–Crippen MR) is 129 cm³/mol. The van der Waals surface area contributed by atoms with Crippen LogP contribution in [0.1, 0.15) is 17.3 Å². The Morgan fingerprint density at radius 2 is 1.68 bits per heavy atom. The third-order valence-electron chi connectivity index (χ3n) is 5.60. The molecule has 0 radical (unpaired) electrons. The molecular formula is C25H26FN3O4S. The van der Waals surface area contributed by atoms with Crippen LogP contribution in [0.2, 0.25) is 0 Å². The van der Waals surface area contributed by atoms with E-state index < -0.39 is 15.9 Å². The van der Waals surface area contributed by atoms with Crippen LogP contribution in [0.5, 0.6) is 5.75 Å². The average Bonchev–Trinajstić information content (AvgIpc) is 2.86. The molecule has 1 amide bonds. The lowest BCUT2D eigenvalue weighted by molar-refractivity contribution is 0.102. The van der Waals surface area contributed by atoms with E-state index >= 15 is 0 Å². The highest BCUT2D eigenvalue weighted by Crippen LogP contribution is 2.26. The van der Waals surface area contributed by atoms with Gasteiger partial charge in [-0.2, -0.15) is 4.31 Å². The fourth-order valence-electron chi connectivity index (χ4n) is 3.83. The van der Waals surface area contributed by atoms with Gasteiger partial charge in [-0.05, 0) is 61.5 Å². The molecule has 0 bridgehead atoms. The van der Waals surface area contributed by atoms with Gasteiger partial charge in [-0.25, -0.2) is 12.8 Å². The number of piperazine rings is 1. The summed E-state index contributed by atoms with van der Waals surface area (Å²) < 4.78 is 46.6. The molecule has 1 saturated heterocycles. The summed E-state index contributed by atoms with van der Waals surface area (Å²) in [6, 6.07) is 19.2. The molecule has 4 rings (SSSR count). The first-order valence-electron chi connectivity index (χ1n) is 11.0. The zero-order valence-corrected chi connectivity index (χ0v) is 19.6. The molecule has 178 valence electrons. The predicted octanol–water partition coefficient (Wildman–Crippen LogP) is 3.99. The molecule has 0 aliphatic carbocycles. The average molecular weight is 484 g/mol. The summed E-state index contributed by atoms with van der Waals surface area (Å²) in [6.07, 6.45) is 0. The van der Waals surface area contributed by atoms with Gasteiger partial charge in [0.2, 0.25) is 10.0 Å². The molecule has 9 heteroatoms. The van der Waals surface area contributed by atoms with Gasteiger partial charge < -0.3 is 15.0 Å². The number of carbonyl (C=O) groups excluding carboxylic acids is 1. The number of hydrogen-bond acceptors (Lipinski definition) is 5. The van der Waals surface area contributed by atoms with E-state index in [2.05, 4.69) is 5.32 Å². The zero-order chi connectivity index (χ0) is 24.1. The molecule has 3 aromatic rings. The molecule has 7 nitrogen and oxygen atoms in total. The molecule has 0 unspecified atom stereocenters. The maximum atomic E-state index is 13.3. The van der Waals surface area contributed by atoms with Gasteiger partial charge in [-0.15, -0.1) is 0 Å². The lowest BCUT2D eigenvalue weighted by atomic mass is 10.2. The summed E-state index contributed by atoms with van der Waals surface area (Å²) in [6.45, 7) is 3.86. The van der Waals surface area contributed by atoms with Gasteiger partial charge in [0.15, 0.2) is 0 Å². The molecule has 1 N–H and O–H groups in total. The standard InChI is InChI=1S/C25H26FN3O4S/c1-2-33-24-9-4-3-8-23(24)27-25(30)19-6-5-7-22(18-19)34(31,32)29-16-14-28(15-17-29)21-12-10-20(26)11-13-21/h3-13,18H,2,14-17H2,1H3,(H,27,30). The van der Waals surface area contributed by atoms with E-state index in [4.69, 9.17) is 4.74 Å². The monoisotopic (exact) mass is 483 g/mol. The SMILES string of the molecule is CCOc1ccccc1NC(=O)c1cccc(S(=O)(=O)N2CCN(c3ccc(F)cc3)CC2)c1. The minimum Gasteiger partial charge on any atom is -0.492 e. The summed E-state index contributed by atoms with van der Waals surface area (Å²) >= 11 is 0. The second-order valence-corrected chi connectivity index (χ2v) is 9.72. The van der Waals surface area contributed by atoms with Crippen LogP contribution < -0.4 is 15.0 Å². The highest BCUT2D eigenvalue weighted by molar-refractivity contribution is 7.89. The fourth-order valence-corrected chi connectivity index (χ4v) is 5.30. The van der Waals surface area contributed by atoms with Crippen LogP contribution in [0, 0.1) is 5.82 Å². The lowest BCUT2D eigenvalue weighted by Crippen LogP contribution is -2.48. The van der Waals surface area contributed by atoms with Crippen molar-refractivity contribution in [1.29, 1.82) is 0 Å². The van der Waals surface area contributed by atoms with Crippen molar-refractivity contribution in [3.8, 4) is 5.75 Å². The Labute approximate surface area is 198 Å². The first kappa shape index (κ1) is 23.7. The van der Waals surface area contributed by atoms with Crippen LogP contribution in [0.3, 0.4) is 0 Å². The fraction of sp³-hybridized carbons (Fsp3) is 0.240. The Hall–Kier alpha value is -3.43. The van der Waals surface area contributed by atoms with Crippen molar-refractivity contribution in [3.63, 3.8) is 0 Å². The summed E-state index contributed by atoms with van der Waals surface area (Å²) in [5.41, 5.74) is 1.60. The van der Waals surface area contributed by atoms with Crippen LogP contribution in [-0.4, -0.2) is 51.4 Å². The van der Waals surface area contributed by atoms with Crippen molar-refractivity contribution < 1.29 is 22.3 Å². The number of sulfonamides is 1. The third-order valence-corrected chi connectivity index (χ3v) is 7.49. The van der Waals surface area contributed by atoms with Gasteiger partial charge in [-0.1, -0.05) is 18.2 Å². The van der Waals surface area contributed by atoms with E-state index in [-0.39, 0.29) is 29.4 Å². The topological polar surface area (TPSA) is 78.9 Å². The number of ether oxygens (including phenoxy) is 1. The zero-order valence-electron chi connectivity index (χ0n) is 18.8. The van der Waals surface area contributed by atoms with E-state index in [1.165, 1.54) is 28.6 Å². The Kier molecular flexibility index (Phi) is 7.14. The molecule has 1 aliphatic heterocycles. The molecule has 0 spiro atoms. The highest BCUT2D eigenvalue weighted by atomic mass is 32.2. The molecule has 1 heterocycles. The quantitative estimate of drug-likeness (QED) is 0.550. The number of rotatable bonds is 7. The molecule has 34 heavy (non-hydrogen) atoms. The number of nitrogens with zero attached hydrogens (tertiary/aromatic N) is 2. The minimum absolute atomic E-state index is 0.0634. The van der Waals surface area contributed by atoms with Crippen molar-refractivity contribution in [3.05, 3.63) is 84.2 Å². The number of para-hydroxylation sites is 2. The molecule has 3 aromatic carbocycles. The van der Waals surface area contributed by atoms with Gasteiger partial charge in [-0.3, -0.25) is 4.79 Å². The van der Waals surface area contributed by atoms with Gasteiger partial charge in [0, 0.05) is 37.4 Å². The molecular weight excluding hydrogens is 457 g/mol. The number of benzene rings is 3. The second kappa shape index (κ2) is 10.2. The third kappa shape index (κ3) is 5.21. The number of anilines is 2. The van der Waals surface area contributed by atoms with E-state index in [1.54, 1.807) is 42.5 Å². The normalized spacial score (nSPS) is 14.6. The second-order valence-electron chi connectivity index (χ2n) is 7.78. The van der Waals surface area contributed by atoms with Crippen molar-refractivity contribution in [1.82, 2.24) is 4.31 Å². The van der Waals surface area contributed by atoms with E-state index in [0.29, 0.717) is 31.1 Å². The van der Waals surface area contributed by atoms with Gasteiger partial charge in [0.25, 0.3) is 5.91 Å². The van der Waals surface area contributed by atoms with Crippen LogP contribution in [-0.2, 0) is 10.0 Å². The summed E-state index contributed by atoms with van der Waals surface area (Å²) in [5.74, 6) is -0.193. The molecule has 0 aromatic heterocycles. The van der Waals surface area contributed by atoms with Gasteiger partial charge >= 0.3 is 0 Å². The molecule has 1 fully saturated rings. The van der Waals surface area contributed by atoms with Crippen molar-refractivity contribution in [2.45, 2.75) is 11.8 Å². The summed E-state index contributed by atoms with van der Waals surface area (Å²) in [7, 11) is -3.78. The van der Waals surface area contributed by atoms with Crippen molar-refractivity contribution in [2.24, 2.45) is 0 Å². The van der Waals surface area contributed by atoms with Crippen LogP contribution >= 0.6 is 0 Å². The maximum Gasteiger partial charge on any atom is 0.255 e. The first-order valence-corrected chi connectivity index (χ1v) is 12.5. The van der Waals surface area contributed by atoms with Gasteiger partial charge in [0.1, 0.15) is 11.6 Å². The Bertz CT molecular complexity index is 1260. The maximum absolute atomic E-state index is 13.3.